The van der Waals surface area contributed by atoms with E-state index in [9.17, 15) is 0 Å². The van der Waals surface area contributed by atoms with Crippen molar-refractivity contribution in [3.63, 3.8) is 0 Å². The first-order valence-electron chi connectivity index (χ1n) is 7.14. The van der Waals surface area contributed by atoms with Crippen molar-refractivity contribution in [2.75, 3.05) is 26.2 Å². The zero-order chi connectivity index (χ0) is 11.5. The fourth-order valence-electron chi connectivity index (χ4n) is 2.78. The number of likely N-dealkylation sites (N-methyl/N-ethyl adjacent to an activating group) is 1. The van der Waals surface area contributed by atoms with E-state index in [1.54, 1.807) is 0 Å². The number of nitrogens with zero attached hydrogens (tertiary/aromatic N) is 1. The number of rotatable bonds is 5. The molecule has 94 valence electrons. The molecule has 1 saturated carbocycles. The van der Waals surface area contributed by atoms with Crippen molar-refractivity contribution in [3.8, 4) is 0 Å². The van der Waals surface area contributed by atoms with Crippen LogP contribution >= 0.6 is 0 Å². The fourth-order valence-corrected chi connectivity index (χ4v) is 2.78. The van der Waals surface area contributed by atoms with Crippen LogP contribution in [0.2, 0.25) is 0 Å². The third-order valence-corrected chi connectivity index (χ3v) is 4.34. The minimum absolute atomic E-state index is 0.752. The van der Waals surface area contributed by atoms with E-state index in [1.807, 2.05) is 0 Å². The summed E-state index contributed by atoms with van der Waals surface area (Å²) in [5.41, 5.74) is 0. The van der Waals surface area contributed by atoms with Crippen molar-refractivity contribution in [1.82, 2.24) is 10.2 Å². The summed E-state index contributed by atoms with van der Waals surface area (Å²) in [5.74, 6) is 2.74. The van der Waals surface area contributed by atoms with Gasteiger partial charge in [0.2, 0.25) is 0 Å². The second-order valence-corrected chi connectivity index (χ2v) is 6.14. The lowest BCUT2D eigenvalue weighted by molar-refractivity contribution is 0.120. The Morgan fingerprint density at radius 1 is 1.25 bits per heavy atom. The Labute approximate surface area is 101 Å². The molecular formula is C14H28N2. The molecule has 2 unspecified atom stereocenters. The average molecular weight is 224 g/mol. The van der Waals surface area contributed by atoms with Crippen LogP contribution in [0.15, 0.2) is 0 Å². The molecule has 2 heteroatoms. The topological polar surface area (TPSA) is 15.3 Å². The maximum atomic E-state index is 3.79. The van der Waals surface area contributed by atoms with E-state index in [-0.39, 0.29) is 0 Å². The van der Waals surface area contributed by atoms with Crippen molar-refractivity contribution in [2.45, 2.75) is 46.1 Å². The van der Waals surface area contributed by atoms with E-state index >= 15 is 0 Å². The number of piperidine rings is 1. The van der Waals surface area contributed by atoms with E-state index in [4.69, 9.17) is 0 Å². The number of hydrogen-bond donors (Lipinski definition) is 1. The van der Waals surface area contributed by atoms with Gasteiger partial charge in [-0.25, -0.2) is 0 Å². The third-order valence-electron chi connectivity index (χ3n) is 4.34. The normalized spacial score (nSPS) is 32.2. The Bertz CT molecular complexity index is 211. The maximum Gasteiger partial charge on any atom is 0.0198 e. The monoisotopic (exact) mass is 224 g/mol. The summed E-state index contributed by atoms with van der Waals surface area (Å²) >= 11 is 0. The number of likely N-dealkylation sites (tertiary alicyclic amines) is 1. The lowest BCUT2D eigenvalue weighted by Gasteiger charge is -2.39. The smallest absolute Gasteiger partial charge is 0.0198 e. The molecule has 1 heterocycles. The first kappa shape index (κ1) is 12.4. The fraction of sp³-hybridized carbons (Fsp3) is 1.00. The summed E-state index contributed by atoms with van der Waals surface area (Å²) in [6.45, 7) is 12.1. The van der Waals surface area contributed by atoms with Crippen LogP contribution in [-0.4, -0.2) is 37.1 Å². The van der Waals surface area contributed by atoms with Gasteiger partial charge in [-0.3, -0.25) is 0 Å². The van der Waals surface area contributed by atoms with Gasteiger partial charge in [-0.1, -0.05) is 20.8 Å². The second kappa shape index (κ2) is 5.50. The lowest BCUT2D eigenvalue weighted by atomic mass is 9.85. The molecule has 0 bridgehead atoms. The molecule has 1 aliphatic heterocycles. The second-order valence-electron chi connectivity index (χ2n) is 6.14. The predicted octanol–water partition coefficient (Wildman–Crippen LogP) is 2.35. The van der Waals surface area contributed by atoms with Gasteiger partial charge in [-0.2, -0.15) is 0 Å². The van der Waals surface area contributed by atoms with Gasteiger partial charge < -0.3 is 10.2 Å². The number of nitrogens with one attached hydrogen (secondary N) is 1. The zero-order valence-electron chi connectivity index (χ0n) is 11.2. The van der Waals surface area contributed by atoms with E-state index in [1.165, 1.54) is 45.4 Å². The summed E-state index contributed by atoms with van der Waals surface area (Å²) < 4.78 is 0. The minimum Gasteiger partial charge on any atom is -0.312 e. The van der Waals surface area contributed by atoms with Gasteiger partial charge in [0.15, 0.2) is 0 Å². The minimum atomic E-state index is 0.752. The first-order chi connectivity index (χ1) is 7.69. The molecule has 0 aromatic rings. The van der Waals surface area contributed by atoms with E-state index < -0.39 is 0 Å². The van der Waals surface area contributed by atoms with E-state index in [0.29, 0.717) is 0 Å². The molecule has 2 aliphatic rings. The summed E-state index contributed by atoms with van der Waals surface area (Å²) in [4.78, 5) is 2.62. The molecule has 2 fully saturated rings. The molecule has 1 aliphatic carbocycles. The Kier molecular flexibility index (Phi) is 4.26. The molecule has 16 heavy (non-hydrogen) atoms. The maximum absolute atomic E-state index is 3.79. The average Bonchev–Trinajstić information content (AvgIpc) is 3.09. The van der Waals surface area contributed by atoms with E-state index in [2.05, 4.69) is 31.0 Å². The van der Waals surface area contributed by atoms with Gasteiger partial charge in [0.05, 0.1) is 0 Å². The van der Waals surface area contributed by atoms with Gasteiger partial charge in [-0.15, -0.1) is 0 Å². The predicted molar refractivity (Wildman–Crippen MR) is 69.6 cm³/mol. The highest BCUT2D eigenvalue weighted by atomic mass is 15.2. The molecule has 1 saturated heterocycles. The molecule has 0 aromatic heterocycles. The van der Waals surface area contributed by atoms with Gasteiger partial charge in [0.25, 0.3) is 0 Å². The van der Waals surface area contributed by atoms with Gasteiger partial charge in [0.1, 0.15) is 0 Å². The van der Waals surface area contributed by atoms with Gasteiger partial charge >= 0.3 is 0 Å². The molecule has 1 N–H and O–H groups in total. The Morgan fingerprint density at radius 2 is 2.00 bits per heavy atom. The summed E-state index contributed by atoms with van der Waals surface area (Å²) in [6.07, 6.45) is 4.32. The standard InChI is InChI=1S/C14H28N2/c1-4-16-9-13(11(2)3)7-14(10-16)15-8-12-5-6-12/h11-15H,4-10H2,1-3H3. The Hall–Kier alpha value is -0.0800. The van der Waals surface area contributed by atoms with Crippen LogP contribution in [0.5, 0.6) is 0 Å². The van der Waals surface area contributed by atoms with Crippen LogP contribution in [0.25, 0.3) is 0 Å². The molecule has 2 atom stereocenters. The molecule has 0 spiro atoms. The molecule has 0 aromatic carbocycles. The lowest BCUT2D eigenvalue weighted by Crippen LogP contribution is -2.50. The first-order valence-corrected chi connectivity index (χ1v) is 7.14. The SMILES string of the molecule is CCN1CC(NCC2CC2)CC(C(C)C)C1. The zero-order valence-corrected chi connectivity index (χ0v) is 11.2. The largest absolute Gasteiger partial charge is 0.312 e. The summed E-state index contributed by atoms with van der Waals surface area (Å²) in [6, 6.07) is 0.752. The molecule has 0 amide bonds. The third kappa shape index (κ3) is 3.46. The molecule has 0 radical (unpaired) electrons. The van der Waals surface area contributed by atoms with Crippen LogP contribution < -0.4 is 5.32 Å². The highest BCUT2D eigenvalue weighted by molar-refractivity contribution is 4.86. The van der Waals surface area contributed by atoms with E-state index in [0.717, 1.165) is 23.8 Å². The van der Waals surface area contributed by atoms with Crippen molar-refractivity contribution in [1.29, 1.82) is 0 Å². The molecular weight excluding hydrogens is 196 g/mol. The van der Waals surface area contributed by atoms with Crippen LogP contribution in [0, 0.1) is 17.8 Å². The van der Waals surface area contributed by atoms with Crippen LogP contribution in [0.3, 0.4) is 0 Å². The number of hydrogen-bond acceptors (Lipinski definition) is 2. The van der Waals surface area contributed by atoms with Gasteiger partial charge in [0, 0.05) is 19.1 Å². The van der Waals surface area contributed by atoms with Crippen molar-refractivity contribution < 1.29 is 0 Å². The quantitative estimate of drug-likeness (QED) is 0.771. The van der Waals surface area contributed by atoms with Gasteiger partial charge in [-0.05, 0) is 50.1 Å². The van der Waals surface area contributed by atoms with Crippen molar-refractivity contribution >= 4 is 0 Å². The molecule has 2 nitrogen and oxygen atoms in total. The molecule has 2 rings (SSSR count). The van der Waals surface area contributed by atoms with Crippen LogP contribution in [-0.2, 0) is 0 Å². The van der Waals surface area contributed by atoms with Crippen LogP contribution in [0.1, 0.15) is 40.0 Å². The summed E-state index contributed by atoms with van der Waals surface area (Å²) in [5, 5.41) is 3.79. The van der Waals surface area contributed by atoms with Crippen molar-refractivity contribution in [2.24, 2.45) is 17.8 Å². The van der Waals surface area contributed by atoms with Crippen LogP contribution in [0.4, 0.5) is 0 Å². The highest BCUT2D eigenvalue weighted by Gasteiger charge is 2.29. The highest BCUT2D eigenvalue weighted by Crippen LogP contribution is 2.29. The summed E-state index contributed by atoms with van der Waals surface area (Å²) in [7, 11) is 0. The Balaban J connectivity index is 1.80. The van der Waals surface area contributed by atoms with Crippen molar-refractivity contribution in [3.05, 3.63) is 0 Å². The Morgan fingerprint density at radius 3 is 2.56 bits per heavy atom.